The number of methoxy groups -OCH3 is 1. The fourth-order valence-corrected chi connectivity index (χ4v) is 1.86. The second kappa shape index (κ2) is 7.71. The van der Waals surface area contributed by atoms with Crippen molar-refractivity contribution in [2.75, 3.05) is 20.3 Å². The van der Waals surface area contributed by atoms with Crippen molar-refractivity contribution in [2.45, 2.75) is 20.4 Å². The first-order valence-corrected chi connectivity index (χ1v) is 6.94. The van der Waals surface area contributed by atoms with E-state index < -0.39 is 0 Å². The van der Waals surface area contributed by atoms with Gasteiger partial charge in [0.2, 0.25) is 5.88 Å². The van der Waals surface area contributed by atoms with E-state index in [1.807, 2.05) is 32.2 Å². The summed E-state index contributed by atoms with van der Waals surface area (Å²) < 4.78 is 10.7. The summed E-state index contributed by atoms with van der Waals surface area (Å²) in [7, 11) is 1.69. The van der Waals surface area contributed by atoms with Gasteiger partial charge in [0.25, 0.3) is 0 Å². The summed E-state index contributed by atoms with van der Waals surface area (Å²) in [6, 6.07) is 5.88. The van der Waals surface area contributed by atoms with Gasteiger partial charge in [0.1, 0.15) is 5.75 Å². The molecule has 0 atom stereocenters. The van der Waals surface area contributed by atoms with E-state index in [4.69, 9.17) is 9.47 Å². The van der Waals surface area contributed by atoms with Crippen LogP contribution in [0.15, 0.2) is 30.6 Å². The molecule has 2 heterocycles. The van der Waals surface area contributed by atoms with Crippen LogP contribution < -0.4 is 10.1 Å². The summed E-state index contributed by atoms with van der Waals surface area (Å²) in [6.45, 7) is 6.22. The van der Waals surface area contributed by atoms with Crippen LogP contribution in [0.2, 0.25) is 0 Å². The van der Waals surface area contributed by atoms with Crippen molar-refractivity contribution in [3.63, 3.8) is 0 Å². The average Bonchev–Trinajstić information content (AvgIpc) is 2.48. The Morgan fingerprint density at radius 3 is 2.67 bits per heavy atom. The zero-order chi connectivity index (χ0) is 15.1. The van der Waals surface area contributed by atoms with Gasteiger partial charge in [-0.1, -0.05) is 0 Å². The molecule has 0 amide bonds. The van der Waals surface area contributed by atoms with Crippen molar-refractivity contribution in [2.24, 2.45) is 0 Å². The number of hydrogen-bond acceptors (Lipinski definition) is 5. The number of nitrogens with zero attached hydrogens (tertiary/aromatic N) is 2. The Morgan fingerprint density at radius 2 is 2.00 bits per heavy atom. The fraction of sp³-hybridized carbons (Fsp3) is 0.375. The molecule has 21 heavy (non-hydrogen) atoms. The molecule has 0 aliphatic carbocycles. The first kappa shape index (κ1) is 15.4. The minimum atomic E-state index is 0.612. The standard InChI is InChI=1S/C16H21N3O2/c1-12-8-14(9-17-6-7-20-3)10-19-16(12)21-15-5-4-13(2)18-11-15/h4-5,8,10-11,17H,6-7,9H2,1-3H3. The minimum Gasteiger partial charge on any atom is -0.437 e. The highest BCUT2D eigenvalue weighted by Crippen LogP contribution is 2.22. The molecule has 5 heteroatoms. The Balaban J connectivity index is 1.97. The maximum absolute atomic E-state index is 5.75. The smallest absolute Gasteiger partial charge is 0.222 e. The molecule has 1 N–H and O–H groups in total. The van der Waals surface area contributed by atoms with E-state index in [0.29, 0.717) is 18.2 Å². The first-order valence-electron chi connectivity index (χ1n) is 6.94. The number of hydrogen-bond donors (Lipinski definition) is 1. The van der Waals surface area contributed by atoms with Crippen LogP contribution in [0.25, 0.3) is 0 Å². The second-order valence-electron chi connectivity index (χ2n) is 4.87. The van der Waals surface area contributed by atoms with E-state index in [-0.39, 0.29) is 0 Å². The van der Waals surface area contributed by atoms with Crippen LogP contribution in [0, 0.1) is 13.8 Å². The third kappa shape index (κ3) is 4.81. The molecule has 0 aromatic carbocycles. The molecule has 0 aliphatic heterocycles. The molecule has 2 aromatic rings. The Kier molecular flexibility index (Phi) is 5.66. The van der Waals surface area contributed by atoms with Crippen molar-refractivity contribution in [3.05, 3.63) is 47.4 Å². The van der Waals surface area contributed by atoms with Crippen LogP contribution in [0.3, 0.4) is 0 Å². The van der Waals surface area contributed by atoms with Crippen LogP contribution >= 0.6 is 0 Å². The van der Waals surface area contributed by atoms with E-state index >= 15 is 0 Å². The van der Waals surface area contributed by atoms with Gasteiger partial charge in [-0.25, -0.2) is 4.98 Å². The summed E-state index contributed by atoms with van der Waals surface area (Å²) in [5, 5.41) is 3.29. The number of pyridine rings is 2. The van der Waals surface area contributed by atoms with Gasteiger partial charge in [0.15, 0.2) is 0 Å². The monoisotopic (exact) mass is 287 g/mol. The van der Waals surface area contributed by atoms with Gasteiger partial charge in [-0.2, -0.15) is 0 Å². The van der Waals surface area contributed by atoms with Crippen molar-refractivity contribution >= 4 is 0 Å². The molecule has 0 saturated heterocycles. The summed E-state index contributed by atoms with van der Waals surface area (Å²) >= 11 is 0. The molecule has 0 bridgehead atoms. The lowest BCUT2D eigenvalue weighted by Crippen LogP contribution is -2.18. The quantitative estimate of drug-likeness (QED) is 0.793. The molecule has 0 radical (unpaired) electrons. The first-order chi connectivity index (χ1) is 10.2. The molecule has 0 spiro atoms. The Morgan fingerprint density at radius 1 is 1.14 bits per heavy atom. The van der Waals surface area contributed by atoms with E-state index in [1.165, 1.54) is 0 Å². The van der Waals surface area contributed by atoms with Gasteiger partial charge >= 0.3 is 0 Å². The average molecular weight is 287 g/mol. The summed E-state index contributed by atoms with van der Waals surface area (Å²) in [5.41, 5.74) is 3.09. The third-order valence-corrected chi connectivity index (χ3v) is 3.00. The molecule has 2 aromatic heterocycles. The highest BCUT2D eigenvalue weighted by Gasteiger charge is 2.05. The molecule has 0 aliphatic rings. The number of nitrogens with one attached hydrogen (secondary N) is 1. The molecular weight excluding hydrogens is 266 g/mol. The van der Waals surface area contributed by atoms with Gasteiger partial charge < -0.3 is 14.8 Å². The molecule has 2 rings (SSSR count). The van der Waals surface area contributed by atoms with Crippen LogP contribution in [-0.4, -0.2) is 30.2 Å². The summed E-state index contributed by atoms with van der Waals surface area (Å²) in [6.07, 6.45) is 3.53. The molecule has 112 valence electrons. The highest BCUT2D eigenvalue weighted by atomic mass is 16.5. The predicted molar refractivity (Wildman–Crippen MR) is 81.6 cm³/mol. The lowest BCUT2D eigenvalue weighted by Gasteiger charge is -2.09. The van der Waals surface area contributed by atoms with Crippen LogP contribution in [0.4, 0.5) is 0 Å². The molecule has 0 fully saturated rings. The maximum Gasteiger partial charge on any atom is 0.222 e. The second-order valence-corrected chi connectivity index (χ2v) is 4.87. The number of aryl methyl sites for hydroxylation is 2. The van der Waals surface area contributed by atoms with Crippen molar-refractivity contribution in [3.8, 4) is 11.6 Å². The normalized spacial score (nSPS) is 10.6. The summed E-state index contributed by atoms with van der Waals surface area (Å²) in [5.74, 6) is 1.31. The van der Waals surface area contributed by atoms with Gasteiger partial charge in [0, 0.05) is 37.7 Å². The fourth-order valence-electron chi connectivity index (χ4n) is 1.86. The van der Waals surface area contributed by atoms with Crippen LogP contribution in [0.1, 0.15) is 16.8 Å². The number of aromatic nitrogens is 2. The zero-order valence-corrected chi connectivity index (χ0v) is 12.7. The Labute approximate surface area is 125 Å². The van der Waals surface area contributed by atoms with E-state index in [0.717, 1.165) is 29.9 Å². The zero-order valence-electron chi connectivity index (χ0n) is 12.7. The highest BCUT2D eigenvalue weighted by molar-refractivity contribution is 5.32. The molecule has 0 unspecified atom stereocenters. The molecule has 5 nitrogen and oxygen atoms in total. The minimum absolute atomic E-state index is 0.612. The van der Waals surface area contributed by atoms with Crippen molar-refractivity contribution in [1.29, 1.82) is 0 Å². The van der Waals surface area contributed by atoms with Crippen LogP contribution in [-0.2, 0) is 11.3 Å². The van der Waals surface area contributed by atoms with Gasteiger partial charge in [-0.3, -0.25) is 4.98 Å². The van der Waals surface area contributed by atoms with Crippen molar-refractivity contribution < 1.29 is 9.47 Å². The predicted octanol–water partition coefficient (Wildman–Crippen LogP) is 2.62. The molecular formula is C16H21N3O2. The van der Waals surface area contributed by atoms with E-state index in [2.05, 4.69) is 21.4 Å². The van der Waals surface area contributed by atoms with Gasteiger partial charge in [0.05, 0.1) is 12.8 Å². The largest absolute Gasteiger partial charge is 0.437 e. The third-order valence-electron chi connectivity index (χ3n) is 3.00. The lowest BCUT2D eigenvalue weighted by atomic mass is 10.2. The number of rotatable bonds is 7. The SMILES string of the molecule is COCCNCc1cnc(Oc2ccc(C)nc2)c(C)c1. The summed E-state index contributed by atoms with van der Waals surface area (Å²) in [4.78, 5) is 8.58. The number of ether oxygens (including phenoxy) is 2. The van der Waals surface area contributed by atoms with Crippen molar-refractivity contribution in [1.82, 2.24) is 15.3 Å². The van der Waals surface area contributed by atoms with Gasteiger partial charge in [-0.15, -0.1) is 0 Å². The van der Waals surface area contributed by atoms with Crippen LogP contribution in [0.5, 0.6) is 11.6 Å². The van der Waals surface area contributed by atoms with Gasteiger partial charge in [-0.05, 0) is 37.6 Å². The van der Waals surface area contributed by atoms with E-state index in [9.17, 15) is 0 Å². The molecule has 0 saturated carbocycles. The topological polar surface area (TPSA) is 56.3 Å². The Hall–Kier alpha value is -1.98. The Bertz CT molecular complexity index is 570. The lowest BCUT2D eigenvalue weighted by molar-refractivity contribution is 0.199. The van der Waals surface area contributed by atoms with E-state index in [1.54, 1.807) is 13.3 Å². The maximum atomic E-state index is 5.75.